The lowest BCUT2D eigenvalue weighted by atomic mass is 9.75. The predicted molar refractivity (Wildman–Crippen MR) is 183 cm³/mol. The van der Waals surface area contributed by atoms with E-state index in [2.05, 4.69) is 12.1 Å². The highest BCUT2D eigenvalue weighted by Crippen LogP contribution is 2.32. The Morgan fingerprint density at radius 2 is 1.34 bits per heavy atom. The van der Waals surface area contributed by atoms with E-state index in [-0.39, 0.29) is 29.7 Å². The average Bonchev–Trinajstić information content (AvgIpc) is 3.09. The Morgan fingerprint density at radius 3 is 1.94 bits per heavy atom. The van der Waals surface area contributed by atoms with Gasteiger partial charge in [-0.2, -0.15) is 5.06 Å². The molecule has 3 N–H and O–H groups in total. The number of hydroxylamine groups is 2. The topological polar surface area (TPSA) is 110 Å². The van der Waals surface area contributed by atoms with Gasteiger partial charge < -0.3 is 25.6 Å². The van der Waals surface area contributed by atoms with Gasteiger partial charge in [0.2, 0.25) is 17.7 Å². The van der Waals surface area contributed by atoms with Gasteiger partial charge in [-0.1, -0.05) is 91.0 Å². The third-order valence-corrected chi connectivity index (χ3v) is 9.66. The predicted octanol–water partition coefficient (Wildman–Crippen LogP) is 4.15. The van der Waals surface area contributed by atoms with Gasteiger partial charge in [-0.05, 0) is 54.0 Å². The Kier molecular flexibility index (Phi) is 11.2. The number of hydrogen-bond acceptors (Lipinski definition) is 6. The van der Waals surface area contributed by atoms with E-state index in [1.807, 2.05) is 78.9 Å². The monoisotopic (exact) mass is 637 g/mol. The van der Waals surface area contributed by atoms with Crippen molar-refractivity contribution in [1.29, 1.82) is 0 Å². The summed E-state index contributed by atoms with van der Waals surface area (Å²) >= 11 is 0. The van der Waals surface area contributed by atoms with Crippen molar-refractivity contribution in [2.45, 2.75) is 56.1 Å². The highest BCUT2D eigenvalue weighted by atomic mass is 16.5. The highest BCUT2D eigenvalue weighted by Gasteiger charge is 2.37. The van der Waals surface area contributed by atoms with Gasteiger partial charge in [-0.15, -0.1) is 0 Å². The summed E-state index contributed by atoms with van der Waals surface area (Å²) in [6.07, 6.45) is 7.55. The molecule has 1 heterocycles. The molecule has 0 bridgehead atoms. The number of hydrogen-bond donors (Lipinski definition) is 2. The summed E-state index contributed by atoms with van der Waals surface area (Å²) in [5.41, 5.74) is 10.1. The van der Waals surface area contributed by atoms with Gasteiger partial charge in [0.1, 0.15) is 12.1 Å². The van der Waals surface area contributed by atoms with Crippen LogP contribution in [0.25, 0.3) is 11.1 Å². The first-order valence-electron chi connectivity index (χ1n) is 16.5. The van der Waals surface area contributed by atoms with E-state index in [0.717, 1.165) is 41.5 Å². The van der Waals surface area contributed by atoms with E-state index in [4.69, 9.17) is 5.73 Å². The number of carbonyl (C=O) groups is 3. The molecule has 2 aliphatic rings. The standard InChI is InChI=1S/C38H47N5O4/c1-40(35(44)15-9-20-38(39)21-10-22-38)33(28-30-16-18-32(19-17-30)31-13-7-4-8-14-31)36(45)41(2)34(27-29-11-5-3-6-12-29)37(46)42-23-25-43(47)26-24-42/h3-9,11-19,33-34,47H,10,20-28,39H2,1-2H3/b15-9+/t33-,34-/m1/s1. The van der Waals surface area contributed by atoms with Crippen LogP contribution in [0.4, 0.5) is 0 Å². The van der Waals surface area contributed by atoms with E-state index >= 15 is 0 Å². The quantitative estimate of drug-likeness (QED) is 0.289. The lowest BCUT2D eigenvalue weighted by Crippen LogP contribution is -2.58. The second kappa shape index (κ2) is 15.5. The van der Waals surface area contributed by atoms with Crippen LogP contribution in [0.15, 0.2) is 97.1 Å². The molecule has 0 radical (unpaired) electrons. The smallest absolute Gasteiger partial charge is 0.246 e. The van der Waals surface area contributed by atoms with Gasteiger partial charge in [-0.25, -0.2) is 0 Å². The molecule has 1 saturated carbocycles. The molecular weight excluding hydrogens is 590 g/mol. The number of benzene rings is 3. The third kappa shape index (κ3) is 8.74. The zero-order valence-corrected chi connectivity index (χ0v) is 27.5. The molecule has 9 nitrogen and oxygen atoms in total. The summed E-state index contributed by atoms with van der Waals surface area (Å²) in [7, 11) is 3.31. The lowest BCUT2D eigenvalue weighted by molar-refractivity contribution is -0.155. The van der Waals surface area contributed by atoms with Crippen LogP contribution in [0.2, 0.25) is 0 Å². The van der Waals surface area contributed by atoms with Gasteiger partial charge in [0, 0.05) is 58.7 Å². The Balaban J connectivity index is 1.40. The van der Waals surface area contributed by atoms with Crippen LogP contribution in [-0.2, 0) is 27.2 Å². The van der Waals surface area contributed by atoms with E-state index in [0.29, 0.717) is 39.0 Å². The molecule has 3 aromatic carbocycles. The van der Waals surface area contributed by atoms with Crippen molar-refractivity contribution in [3.63, 3.8) is 0 Å². The minimum absolute atomic E-state index is 0.175. The maximum atomic E-state index is 14.5. The highest BCUT2D eigenvalue weighted by molar-refractivity contribution is 5.95. The van der Waals surface area contributed by atoms with E-state index in [1.54, 1.807) is 19.0 Å². The minimum Gasteiger partial charge on any atom is -0.338 e. The molecule has 47 heavy (non-hydrogen) atoms. The summed E-state index contributed by atoms with van der Waals surface area (Å²) in [6.45, 7) is 1.42. The normalized spacial score (nSPS) is 17.5. The van der Waals surface area contributed by atoms with Crippen LogP contribution < -0.4 is 5.73 Å². The molecule has 1 saturated heterocycles. The van der Waals surface area contributed by atoms with Crippen LogP contribution in [0, 0.1) is 0 Å². The summed E-state index contributed by atoms with van der Waals surface area (Å²) in [5.74, 6) is -0.775. The number of nitrogens with zero attached hydrogens (tertiary/aromatic N) is 4. The van der Waals surface area contributed by atoms with Crippen molar-refractivity contribution in [3.05, 3.63) is 108 Å². The molecule has 0 unspecified atom stereocenters. The van der Waals surface area contributed by atoms with Gasteiger partial charge in [0.25, 0.3) is 0 Å². The molecule has 3 aromatic rings. The van der Waals surface area contributed by atoms with Gasteiger partial charge >= 0.3 is 0 Å². The molecule has 2 atom stereocenters. The van der Waals surface area contributed by atoms with Crippen LogP contribution >= 0.6 is 0 Å². The van der Waals surface area contributed by atoms with Crippen molar-refractivity contribution in [2.75, 3.05) is 40.3 Å². The first kappa shape index (κ1) is 34.0. The zero-order valence-electron chi connectivity index (χ0n) is 27.5. The van der Waals surface area contributed by atoms with E-state index in [9.17, 15) is 19.6 Å². The average molecular weight is 638 g/mol. The van der Waals surface area contributed by atoms with Crippen LogP contribution in [-0.4, -0.2) is 101 Å². The fourth-order valence-electron chi connectivity index (χ4n) is 6.32. The number of nitrogens with two attached hydrogens (primary N) is 1. The molecule has 9 heteroatoms. The first-order valence-corrected chi connectivity index (χ1v) is 16.5. The number of carbonyl (C=O) groups excluding carboxylic acids is 3. The maximum absolute atomic E-state index is 14.5. The molecule has 3 amide bonds. The van der Waals surface area contributed by atoms with Crippen LogP contribution in [0.5, 0.6) is 0 Å². The summed E-state index contributed by atoms with van der Waals surface area (Å²) < 4.78 is 0. The Bertz CT molecular complexity index is 1520. The van der Waals surface area contributed by atoms with E-state index in [1.165, 1.54) is 20.9 Å². The fraction of sp³-hybridized carbons (Fsp3) is 0.395. The Hall–Kier alpha value is -4.31. The summed E-state index contributed by atoms with van der Waals surface area (Å²) in [5, 5.41) is 11.1. The van der Waals surface area contributed by atoms with E-state index < -0.39 is 12.1 Å². The number of likely N-dealkylation sites (N-methyl/N-ethyl adjacent to an activating group) is 2. The molecule has 0 spiro atoms. The molecule has 248 valence electrons. The molecule has 1 aliphatic carbocycles. The maximum Gasteiger partial charge on any atom is 0.246 e. The van der Waals surface area contributed by atoms with Crippen molar-refractivity contribution in [3.8, 4) is 11.1 Å². The molecule has 1 aliphatic heterocycles. The minimum atomic E-state index is -0.851. The number of amides is 3. The third-order valence-electron chi connectivity index (χ3n) is 9.66. The van der Waals surface area contributed by atoms with Gasteiger partial charge in [0.05, 0.1) is 0 Å². The largest absolute Gasteiger partial charge is 0.338 e. The molecule has 2 fully saturated rings. The van der Waals surface area contributed by atoms with Gasteiger partial charge in [-0.3, -0.25) is 14.4 Å². The first-order chi connectivity index (χ1) is 22.6. The second-order valence-electron chi connectivity index (χ2n) is 13.0. The van der Waals surface area contributed by atoms with Crippen molar-refractivity contribution >= 4 is 17.7 Å². The molecular formula is C38H47N5O4. The lowest BCUT2D eigenvalue weighted by Gasteiger charge is -2.38. The molecule has 0 aromatic heterocycles. The zero-order chi connectivity index (χ0) is 33.4. The Morgan fingerprint density at radius 1 is 0.787 bits per heavy atom. The van der Waals surface area contributed by atoms with Crippen molar-refractivity contribution in [1.82, 2.24) is 19.8 Å². The SMILES string of the molecule is CN(C(=O)/C=C/CC1(N)CCC1)[C@H](Cc1ccc(-c2ccccc2)cc1)C(=O)N(C)[C@H](Cc1ccccc1)C(=O)N1CCN(O)CC1. The van der Waals surface area contributed by atoms with Crippen molar-refractivity contribution < 1.29 is 19.6 Å². The van der Waals surface area contributed by atoms with Crippen LogP contribution in [0.3, 0.4) is 0 Å². The number of piperazine rings is 1. The Labute approximate surface area is 278 Å². The fourth-order valence-corrected chi connectivity index (χ4v) is 6.32. The molecule has 5 rings (SSSR count). The number of rotatable bonds is 12. The van der Waals surface area contributed by atoms with Crippen molar-refractivity contribution in [2.24, 2.45) is 5.73 Å². The van der Waals surface area contributed by atoms with Gasteiger partial charge in [0.15, 0.2) is 0 Å². The second-order valence-corrected chi connectivity index (χ2v) is 13.0. The van der Waals surface area contributed by atoms with Crippen LogP contribution in [0.1, 0.15) is 36.8 Å². The summed E-state index contributed by atoms with van der Waals surface area (Å²) in [6, 6.07) is 26.1. The summed E-state index contributed by atoms with van der Waals surface area (Å²) in [4.78, 5) is 46.8.